The van der Waals surface area contributed by atoms with E-state index < -0.39 is 10.0 Å². The fourth-order valence-corrected chi connectivity index (χ4v) is 4.05. The number of anilines is 2. The maximum atomic E-state index is 12.4. The van der Waals surface area contributed by atoms with Crippen LogP contribution in [0.25, 0.3) is 0 Å². The molecule has 0 aliphatic carbocycles. The molecule has 0 aliphatic heterocycles. The number of rotatable bonds is 3. The van der Waals surface area contributed by atoms with Crippen LogP contribution in [0, 0.1) is 6.92 Å². The van der Waals surface area contributed by atoms with Crippen molar-refractivity contribution < 1.29 is 8.42 Å². The lowest BCUT2D eigenvalue weighted by Crippen LogP contribution is -2.17. The minimum Gasteiger partial charge on any atom is -0.398 e. The number of benzene rings is 1. The third-order valence-electron chi connectivity index (χ3n) is 2.44. The molecular weight excluding hydrogens is 412 g/mol. The fraction of sp³-hybridized carbons (Fsp3) is 0.0909. The predicted molar refractivity (Wildman–Crippen MR) is 83.8 cm³/mol. The zero-order chi connectivity index (χ0) is 14.9. The summed E-state index contributed by atoms with van der Waals surface area (Å²) in [5.41, 5.74) is 6.48. The SMILES string of the molecule is Cc1cccc(N)c1S(=O)(=O)Nc1ncc(Br)nc1Br. The highest BCUT2D eigenvalue weighted by Gasteiger charge is 2.21. The maximum Gasteiger partial charge on any atom is 0.265 e. The summed E-state index contributed by atoms with van der Waals surface area (Å²) in [6.07, 6.45) is 1.39. The van der Waals surface area contributed by atoms with Crippen LogP contribution >= 0.6 is 31.9 Å². The number of sulfonamides is 1. The average Bonchev–Trinajstić information content (AvgIpc) is 2.32. The van der Waals surface area contributed by atoms with Crippen LogP contribution in [0.2, 0.25) is 0 Å². The molecule has 9 heteroatoms. The summed E-state index contributed by atoms with van der Waals surface area (Å²) in [5.74, 6) is 0.0934. The largest absolute Gasteiger partial charge is 0.398 e. The summed E-state index contributed by atoms with van der Waals surface area (Å²) in [5, 5.41) is 0. The molecule has 0 saturated heterocycles. The van der Waals surface area contributed by atoms with E-state index in [1.807, 2.05) is 0 Å². The first-order valence-electron chi connectivity index (χ1n) is 5.37. The van der Waals surface area contributed by atoms with Gasteiger partial charge in [-0.25, -0.2) is 18.4 Å². The van der Waals surface area contributed by atoms with E-state index in [9.17, 15) is 8.42 Å². The van der Waals surface area contributed by atoms with Gasteiger partial charge in [-0.3, -0.25) is 4.72 Å². The van der Waals surface area contributed by atoms with Crippen LogP contribution < -0.4 is 10.5 Å². The summed E-state index contributed by atoms with van der Waals surface area (Å²) in [6.45, 7) is 1.67. The van der Waals surface area contributed by atoms with Gasteiger partial charge in [-0.1, -0.05) is 12.1 Å². The molecule has 0 spiro atoms. The number of hydrogen-bond donors (Lipinski definition) is 2. The van der Waals surface area contributed by atoms with E-state index in [2.05, 4.69) is 46.5 Å². The Kier molecular flexibility index (Phi) is 4.31. The molecule has 106 valence electrons. The second-order valence-corrected chi connectivity index (χ2v) is 7.11. The monoisotopic (exact) mass is 420 g/mol. The number of nitrogens with one attached hydrogen (secondary N) is 1. The number of nitrogens with zero attached hydrogens (tertiary/aromatic N) is 2. The van der Waals surface area contributed by atoms with Crippen LogP contribution in [0.1, 0.15) is 5.56 Å². The Morgan fingerprint density at radius 3 is 2.60 bits per heavy atom. The molecule has 0 fully saturated rings. The number of halogens is 2. The van der Waals surface area contributed by atoms with Gasteiger partial charge in [-0.05, 0) is 50.4 Å². The van der Waals surface area contributed by atoms with Gasteiger partial charge in [0.05, 0.1) is 11.9 Å². The van der Waals surface area contributed by atoms with E-state index in [1.54, 1.807) is 19.1 Å². The van der Waals surface area contributed by atoms with Crippen LogP contribution in [0.15, 0.2) is 38.5 Å². The van der Waals surface area contributed by atoms with Gasteiger partial charge in [0.25, 0.3) is 10.0 Å². The number of aromatic nitrogens is 2. The van der Waals surface area contributed by atoms with Crippen molar-refractivity contribution in [2.24, 2.45) is 0 Å². The van der Waals surface area contributed by atoms with Crippen LogP contribution in [-0.2, 0) is 10.0 Å². The molecule has 1 heterocycles. The standard InChI is InChI=1S/C11H10Br2N4O2S/c1-6-3-2-4-7(14)9(6)20(18,19)17-11-10(13)16-8(12)5-15-11/h2-5H,14H2,1H3,(H,15,17). The molecule has 20 heavy (non-hydrogen) atoms. The Morgan fingerprint density at radius 1 is 1.30 bits per heavy atom. The predicted octanol–water partition coefficient (Wildman–Crippen LogP) is 2.69. The van der Waals surface area contributed by atoms with Crippen LogP contribution in [-0.4, -0.2) is 18.4 Å². The topological polar surface area (TPSA) is 98.0 Å². The van der Waals surface area contributed by atoms with E-state index in [4.69, 9.17) is 5.73 Å². The first-order valence-corrected chi connectivity index (χ1v) is 8.44. The van der Waals surface area contributed by atoms with E-state index in [1.165, 1.54) is 12.3 Å². The molecule has 3 N–H and O–H groups in total. The Morgan fingerprint density at radius 2 is 2.00 bits per heavy atom. The minimum absolute atomic E-state index is 0.0385. The molecule has 0 aliphatic rings. The Labute approximate surface area is 133 Å². The Hall–Kier alpha value is -1.19. The second-order valence-electron chi connectivity index (χ2n) is 3.93. The second kappa shape index (κ2) is 5.66. The lowest BCUT2D eigenvalue weighted by molar-refractivity contribution is 0.600. The van der Waals surface area contributed by atoms with E-state index in [0.29, 0.717) is 10.2 Å². The minimum atomic E-state index is -3.83. The number of hydrogen-bond acceptors (Lipinski definition) is 5. The molecule has 0 bridgehead atoms. The molecule has 0 atom stereocenters. The van der Waals surface area contributed by atoms with Crippen molar-refractivity contribution in [1.82, 2.24) is 9.97 Å². The average molecular weight is 422 g/mol. The Bertz CT molecular complexity index is 745. The lowest BCUT2D eigenvalue weighted by atomic mass is 10.2. The third-order valence-corrected chi connectivity index (χ3v) is 4.93. The molecule has 1 aromatic heterocycles. The van der Waals surface area contributed by atoms with Crippen LogP contribution in [0.4, 0.5) is 11.5 Å². The highest BCUT2D eigenvalue weighted by molar-refractivity contribution is 9.11. The van der Waals surface area contributed by atoms with E-state index >= 15 is 0 Å². The molecule has 1 aromatic carbocycles. The quantitative estimate of drug-likeness (QED) is 0.742. The van der Waals surface area contributed by atoms with Gasteiger partial charge in [0.2, 0.25) is 0 Å². The molecule has 2 rings (SSSR count). The van der Waals surface area contributed by atoms with Gasteiger partial charge in [0.1, 0.15) is 9.50 Å². The van der Waals surface area contributed by atoms with E-state index in [-0.39, 0.29) is 21.0 Å². The number of nitrogens with two attached hydrogens (primary N) is 1. The summed E-state index contributed by atoms with van der Waals surface area (Å²) in [4.78, 5) is 8.01. The molecule has 0 amide bonds. The smallest absolute Gasteiger partial charge is 0.265 e. The summed E-state index contributed by atoms with van der Waals surface area (Å²) in [7, 11) is -3.83. The van der Waals surface area contributed by atoms with Gasteiger partial charge < -0.3 is 5.73 Å². The van der Waals surface area contributed by atoms with Gasteiger partial charge in [0, 0.05) is 0 Å². The normalized spacial score (nSPS) is 11.3. The first-order chi connectivity index (χ1) is 9.31. The number of nitrogen functional groups attached to an aromatic ring is 1. The number of aryl methyl sites for hydroxylation is 1. The summed E-state index contributed by atoms with van der Waals surface area (Å²) >= 11 is 6.29. The van der Waals surface area contributed by atoms with Crippen molar-refractivity contribution in [3.63, 3.8) is 0 Å². The van der Waals surface area contributed by atoms with Crippen molar-refractivity contribution in [2.45, 2.75) is 11.8 Å². The summed E-state index contributed by atoms with van der Waals surface area (Å²) in [6, 6.07) is 4.90. The maximum absolute atomic E-state index is 12.4. The van der Waals surface area contributed by atoms with E-state index in [0.717, 1.165) is 0 Å². The van der Waals surface area contributed by atoms with Crippen molar-refractivity contribution >= 4 is 53.4 Å². The zero-order valence-electron chi connectivity index (χ0n) is 10.3. The molecule has 2 aromatic rings. The van der Waals surface area contributed by atoms with Gasteiger partial charge in [0.15, 0.2) is 10.4 Å². The van der Waals surface area contributed by atoms with Gasteiger partial charge in [-0.2, -0.15) is 0 Å². The molecule has 0 unspecified atom stereocenters. The van der Waals surface area contributed by atoms with Gasteiger partial charge >= 0.3 is 0 Å². The molecule has 0 radical (unpaired) electrons. The highest BCUT2D eigenvalue weighted by Crippen LogP contribution is 2.27. The molecule has 0 saturated carbocycles. The Balaban J connectivity index is 2.46. The van der Waals surface area contributed by atoms with Crippen LogP contribution in [0.3, 0.4) is 0 Å². The van der Waals surface area contributed by atoms with Gasteiger partial charge in [-0.15, -0.1) is 0 Å². The third kappa shape index (κ3) is 3.10. The summed E-state index contributed by atoms with van der Waals surface area (Å²) < 4.78 is 27.9. The van der Waals surface area contributed by atoms with Crippen molar-refractivity contribution in [3.05, 3.63) is 39.2 Å². The fourth-order valence-electron chi connectivity index (χ4n) is 1.64. The van der Waals surface area contributed by atoms with Crippen molar-refractivity contribution in [3.8, 4) is 0 Å². The van der Waals surface area contributed by atoms with Crippen LogP contribution in [0.5, 0.6) is 0 Å². The highest BCUT2D eigenvalue weighted by atomic mass is 79.9. The first kappa shape index (κ1) is 15.2. The lowest BCUT2D eigenvalue weighted by Gasteiger charge is -2.12. The molecule has 6 nitrogen and oxygen atoms in total. The molecular formula is C11H10Br2N4O2S. The zero-order valence-corrected chi connectivity index (χ0v) is 14.3. The van der Waals surface area contributed by atoms with Crippen molar-refractivity contribution in [2.75, 3.05) is 10.5 Å². The van der Waals surface area contributed by atoms with Crippen molar-refractivity contribution in [1.29, 1.82) is 0 Å².